The highest BCUT2D eigenvalue weighted by Gasteiger charge is 2.21. The lowest BCUT2D eigenvalue weighted by Crippen LogP contribution is -2.51. The summed E-state index contributed by atoms with van der Waals surface area (Å²) in [4.78, 5) is 12.2. The molecule has 2 N–H and O–H groups in total. The van der Waals surface area contributed by atoms with Crippen LogP contribution in [-0.4, -0.2) is 41.5 Å². The lowest BCUT2D eigenvalue weighted by atomic mass is 10.1. The number of nitrogens with zero attached hydrogens (tertiary/aromatic N) is 2. The van der Waals surface area contributed by atoms with E-state index in [0.717, 1.165) is 23.5 Å². The Hall–Kier alpha value is -1.89. The predicted molar refractivity (Wildman–Crippen MR) is 98.9 cm³/mol. The highest BCUT2D eigenvalue weighted by molar-refractivity contribution is 5.85. The smallest absolute Gasteiger partial charge is 0.239 e. The van der Waals surface area contributed by atoms with Gasteiger partial charge in [-0.25, -0.2) is 0 Å². The number of hydrogen-bond donors (Lipinski definition) is 2. The highest BCUT2D eigenvalue weighted by atomic mass is 35.5. The molecule has 1 aromatic carbocycles. The Labute approximate surface area is 154 Å². The molecule has 1 aromatic heterocycles. The molecule has 2 heterocycles. The van der Waals surface area contributed by atoms with Crippen molar-refractivity contribution in [2.24, 2.45) is 0 Å². The molecule has 1 aliphatic rings. The molecule has 1 unspecified atom stereocenters. The molecule has 0 radical (unpaired) electrons. The Morgan fingerprint density at radius 3 is 2.80 bits per heavy atom. The Morgan fingerprint density at radius 1 is 1.36 bits per heavy atom. The Kier molecular flexibility index (Phi) is 6.99. The summed E-state index contributed by atoms with van der Waals surface area (Å²) in [7, 11) is 0. The molecule has 1 saturated heterocycles. The summed E-state index contributed by atoms with van der Waals surface area (Å²) in [5.74, 6) is -0.0238. The average molecular weight is 365 g/mol. The molecule has 3 rings (SSSR count). The summed E-state index contributed by atoms with van der Waals surface area (Å²) in [6.45, 7) is 7.06. The molecule has 136 valence electrons. The number of aromatic nitrogens is 2. The number of amides is 1. The quantitative estimate of drug-likeness (QED) is 0.845. The minimum atomic E-state index is -0.265. The van der Waals surface area contributed by atoms with Gasteiger partial charge in [0.25, 0.3) is 0 Å². The average Bonchev–Trinajstić information content (AvgIpc) is 2.88. The fraction of sp³-hybridized carbons (Fsp3) is 0.444. The van der Waals surface area contributed by atoms with Crippen molar-refractivity contribution in [3.8, 4) is 0 Å². The fourth-order valence-corrected chi connectivity index (χ4v) is 2.93. The van der Waals surface area contributed by atoms with E-state index in [4.69, 9.17) is 4.74 Å². The number of benzene rings is 1. The highest BCUT2D eigenvalue weighted by Crippen LogP contribution is 2.14. The second kappa shape index (κ2) is 8.99. The molecule has 2 aromatic rings. The molecular formula is C18H25ClN4O2. The summed E-state index contributed by atoms with van der Waals surface area (Å²) in [6.07, 6.45) is 0. The number of nitrogens with one attached hydrogen (secondary N) is 2. The second-order valence-corrected chi connectivity index (χ2v) is 6.09. The minimum Gasteiger partial charge on any atom is -0.378 e. The van der Waals surface area contributed by atoms with Crippen LogP contribution < -0.4 is 10.6 Å². The normalized spacial score (nSPS) is 17.0. The maximum Gasteiger partial charge on any atom is 0.239 e. The van der Waals surface area contributed by atoms with Gasteiger partial charge in [-0.2, -0.15) is 5.10 Å². The Balaban J connectivity index is 0.00000225. The van der Waals surface area contributed by atoms with E-state index in [1.165, 1.54) is 5.56 Å². The molecule has 1 aliphatic heterocycles. The van der Waals surface area contributed by atoms with Crippen LogP contribution in [-0.2, 0) is 22.6 Å². The molecule has 0 aliphatic carbocycles. The SMILES string of the molecule is Cc1nn(Cc2ccccc2)c(C)c1CNC(=O)C1COCCN1.Cl. The lowest BCUT2D eigenvalue weighted by Gasteiger charge is -2.22. The summed E-state index contributed by atoms with van der Waals surface area (Å²) in [5.41, 5.74) is 4.33. The van der Waals surface area contributed by atoms with Crippen LogP contribution in [0.4, 0.5) is 0 Å². The van der Waals surface area contributed by atoms with E-state index in [2.05, 4.69) is 27.9 Å². The van der Waals surface area contributed by atoms with E-state index in [1.54, 1.807) is 0 Å². The van der Waals surface area contributed by atoms with Gasteiger partial charge >= 0.3 is 0 Å². The van der Waals surface area contributed by atoms with Crippen molar-refractivity contribution in [2.45, 2.75) is 33.0 Å². The standard InChI is InChI=1S/C18H24N4O2.ClH/c1-13-16(10-20-18(23)17-12-24-9-8-19-17)14(2)22(21-13)11-15-6-4-3-5-7-15;/h3-7,17,19H,8-12H2,1-2H3,(H,20,23);1H. The summed E-state index contributed by atoms with van der Waals surface area (Å²) >= 11 is 0. The lowest BCUT2D eigenvalue weighted by molar-refractivity contribution is -0.126. The van der Waals surface area contributed by atoms with Crippen LogP contribution in [0.5, 0.6) is 0 Å². The predicted octanol–water partition coefficient (Wildman–Crippen LogP) is 1.57. The molecule has 1 amide bonds. The number of carbonyl (C=O) groups is 1. The van der Waals surface area contributed by atoms with Crippen LogP contribution in [0.1, 0.15) is 22.5 Å². The van der Waals surface area contributed by atoms with Crippen LogP contribution in [0.3, 0.4) is 0 Å². The van der Waals surface area contributed by atoms with E-state index < -0.39 is 0 Å². The van der Waals surface area contributed by atoms with Gasteiger partial charge in [-0.3, -0.25) is 9.48 Å². The number of hydrogen-bond acceptors (Lipinski definition) is 4. The monoisotopic (exact) mass is 364 g/mol. The van der Waals surface area contributed by atoms with Crippen LogP contribution in [0.2, 0.25) is 0 Å². The molecule has 0 spiro atoms. The third-order valence-corrected chi connectivity index (χ3v) is 4.38. The van der Waals surface area contributed by atoms with E-state index in [1.807, 2.05) is 36.7 Å². The molecule has 7 heteroatoms. The number of ether oxygens (including phenoxy) is 1. The van der Waals surface area contributed by atoms with E-state index in [0.29, 0.717) is 26.3 Å². The zero-order valence-corrected chi connectivity index (χ0v) is 15.4. The number of carbonyl (C=O) groups excluding carboxylic acids is 1. The van der Waals surface area contributed by atoms with E-state index in [9.17, 15) is 4.79 Å². The molecule has 6 nitrogen and oxygen atoms in total. The van der Waals surface area contributed by atoms with Crippen LogP contribution >= 0.6 is 12.4 Å². The molecule has 1 atom stereocenters. The summed E-state index contributed by atoms with van der Waals surface area (Å²) in [5, 5.41) is 10.8. The Morgan fingerprint density at radius 2 is 2.12 bits per heavy atom. The van der Waals surface area contributed by atoms with Crippen LogP contribution in [0, 0.1) is 13.8 Å². The van der Waals surface area contributed by atoms with Crippen molar-refractivity contribution in [2.75, 3.05) is 19.8 Å². The fourth-order valence-electron chi connectivity index (χ4n) is 2.93. The molecular weight excluding hydrogens is 340 g/mol. The number of aryl methyl sites for hydroxylation is 1. The number of morpholine rings is 1. The van der Waals surface area contributed by atoms with Crippen molar-refractivity contribution in [3.63, 3.8) is 0 Å². The van der Waals surface area contributed by atoms with Gasteiger partial charge < -0.3 is 15.4 Å². The first kappa shape index (κ1) is 19.4. The molecule has 0 bridgehead atoms. The first-order chi connectivity index (χ1) is 11.6. The summed E-state index contributed by atoms with van der Waals surface area (Å²) in [6, 6.07) is 9.98. The van der Waals surface area contributed by atoms with Crippen molar-refractivity contribution in [1.82, 2.24) is 20.4 Å². The largest absolute Gasteiger partial charge is 0.378 e. The first-order valence-corrected chi connectivity index (χ1v) is 8.31. The van der Waals surface area contributed by atoms with Gasteiger partial charge in [0.15, 0.2) is 0 Å². The summed E-state index contributed by atoms with van der Waals surface area (Å²) < 4.78 is 7.33. The third-order valence-electron chi connectivity index (χ3n) is 4.38. The minimum absolute atomic E-state index is 0. The van der Waals surface area contributed by atoms with Gasteiger partial charge in [-0.05, 0) is 19.4 Å². The van der Waals surface area contributed by atoms with Gasteiger partial charge in [0.2, 0.25) is 5.91 Å². The van der Waals surface area contributed by atoms with Crippen LogP contribution in [0.25, 0.3) is 0 Å². The second-order valence-electron chi connectivity index (χ2n) is 6.09. The van der Waals surface area contributed by atoms with Gasteiger partial charge in [0.05, 0.1) is 25.5 Å². The van der Waals surface area contributed by atoms with Gasteiger partial charge in [-0.1, -0.05) is 30.3 Å². The topological polar surface area (TPSA) is 68.2 Å². The maximum atomic E-state index is 12.2. The number of rotatable bonds is 5. The zero-order valence-electron chi connectivity index (χ0n) is 14.6. The Bertz CT molecular complexity index is 697. The molecule has 1 fully saturated rings. The van der Waals surface area contributed by atoms with Crippen LogP contribution in [0.15, 0.2) is 30.3 Å². The molecule has 0 saturated carbocycles. The van der Waals surface area contributed by atoms with Crippen molar-refractivity contribution in [1.29, 1.82) is 0 Å². The molecule has 25 heavy (non-hydrogen) atoms. The third kappa shape index (κ3) is 4.81. The van der Waals surface area contributed by atoms with E-state index >= 15 is 0 Å². The van der Waals surface area contributed by atoms with E-state index in [-0.39, 0.29) is 24.4 Å². The van der Waals surface area contributed by atoms with Gasteiger partial charge in [0, 0.05) is 24.3 Å². The van der Waals surface area contributed by atoms with Gasteiger partial charge in [0.1, 0.15) is 6.04 Å². The van der Waals surface area contributed by atoms with Crippen molar-refractivity contribution in [3.05, 3.63) is 52.8 Å². The number of halogens is 1. The maximum absolute atomic E-state index is 12.2. The van der Waals surface area contributed by atoms with Crippen molar-refractivity contribution >= 4 is 18.3 Å². The zero-order chi connectivity index (χ0) is 16.9. The van der Waals surface area contributed by atoms with Gasteiger partial charge in [-0.15, -0.1) is 12.4 Å². The first-order valence-electron chi connectivity index (χ1n) is 8.31. The van der Waals surface area contributed by atoms with Crippen molar-refractivity contribution < 1.29 is 9.53 Å².